The van der Waals surface area contributed by atoms with E-state index in [0.29, 0.717) is 18.3 Å². The molecule has 200 valence electrons. The van der Waals surface area contributed by atoms with E-state index in [4.69, 9.17) is 4.74 Å². The molecule has 2 aliphatic heterocycles. The second-order valence-electron chi connectivity index (χ2n) is 10.3. The number of piperazine rings is 1. The van der Waals surface area contributed by atoms with Gasteiger partial charge in [0, 0.05) is 62.5 Å². The van der Waals surface area contributed by atoms with Crippen molar-refractivity contribution in [3.63, 3.8) is 0 Å². The Hall–Kier alpha value is -3.44. The molecule has 2 atom stereocenters. The predicted molar refractivity (Wildman–Crippen MR) is 142 cm³/mol. The van der Waals surface area contributed by atoms with Crippen LogP contribution in [-0.2, 0) is 21.2 Å². The number of sulfonamides is 1. The van der Waals surface area contributed by atoms with E-state index >= 15 is 0 Å². The lowest BCUT2D eigenvalue weighted by molar-refractivity contribution is -0.126. The Balaban J connectivity index is 1.23. The topological polar surface area (TPSA) is 110 Å². The van der Waals surface area contributed by atoms with Crippen molar-refractivity contribution in [3.8, 4) is 5.75 Å². The van der Waals surface area contributed by atoms with Crippen LogP contribution in [0.2, 0.25) is 0 Å². The van der Waals surface area contributed by atoms with E-state index in [-0.39, 0.29) is 36.4 Å². The van der Waals surface area contributed by atoms with E-state index in [1.807, 2.05) is 13.1 Å². The van der Waals surface area contributed by atoms with Crippen LogP contribution >= 0.6 is 0 Å². The summed E-state index contributed by atoms with van der Waals surface area (Å²) in [4.78, 5) is 15.3. The van der Waals surface area contributed by atoms with Crippen molar-refractivity contribution in [2.45, 2.75) is 55.6 Å². The van der Waals surface area contributed by atoms with Gasteiger partial charge in [0.05, 0.1) is 23.2 Å². The number of fused-ring (bicyclic) bond motifs is 1. The minimum atomic E-state index is -3.85. The van der Waals surface area contributed by atoms with E-state index in [1.54, 1.807) is 28.9 Å². The first kappa shape index (κ1) is 24.9. The highest BCUT2D eigenvalue weighted by atomic mass is 32.2. The average Bonchev–Trinajstić information content (AvgIpc) is 3.67. The molecule has 6 rings (SSSR count). The average molecular weight is 537 g/mol. The summed E-state index contributed by atoms with van der Waals surface area (Å²) in [6.07, 6.45) is 5.15. The van der Waals surface area contributed by atoms with Gasteiger partial charge < -0.3 is 15.0 Å². The molecular formula is C27H32N6O4S. The van der Waals surface area contributed by atoms with Crippen molar-refractivity contribution < 1.29 is 17.9 Å². The largest absolute Gasteiger partial charge is 0.493 e. The molecule has 10 nitrogen and oxygen atoms in total. The number of aryl methyl sites for hydroxylation is 1. The lowest BCUT2D eigenvalue weighted by Crippen LogP contribution is -2.57. The molecule has 2 aromatic carbocycles. The maximum absolute atomic E-state index is 13.4. The standard InChI is InChI=1S/C27H32N6O4S/c1-18-3-8-22(9-4-18)38(35,36)33-13-12-28-27(34)25(33)15-19-17-32(30-29-19)24-11-14-37-26-16-21(7-10-23(24)26)31(2)20-5-6-20/h3-4,7-10,16-17,20,24-25H,5-6,11-15H2,1-2H3,(H,28,34)/t24-,25-/m1/s1. The molecule has 3 aromatic rings. The van der Waals surface area contributed by atoms with Crippen molar-refractivity contribution in [1.82, 2.24) is 24.6 Å². The lowest BCUT2D eigenvalue weighted by Gasteiger charge is -2.33. The van der Waals surface area contributed by atoms with Gasteiger partial charge in [-0.05, 0) is 38.0 Å². The Morgan fingerprint density at radius 3 is 2.68 bits per heavy atom. The molecule has 38 heavy (non-hydrogen) atoms. The Kier molecular flexibility index (Phi) is 6.35. The van der Waals surface area contributed by atoms with E-state index in [9.17, 15) is 13.2 Å². The van der Waals surface area contributed by atoms with Crippen LogP contribution in [0.4, 0.5) is 5.69 Å². The fourth-order valence-electron chi connectivity index (χ4n) is 5.31. The fourth-order valence-corrected chi connectivity index (χ4v) is 6.89. The number of amides is 1. The number of carbonyl (C=O) groups excluding carboxylic acids is 1. The van der Waals surface area contributed by atoms with Gasteiger partial charge in [0.1, 0.15) is 11.8 Å². The van der Waals surface area contributed by atoms with E-state index < -0.39 is 16.1 Å². The minimum absolute atomic E-state index is 0.0483. The van der Waals surface area contributed by atoms with E-state index in [2.05, 4.69) is 45.8 Å². The van der Waals surface area contributed by atoms with Crippen molar-refractivity contribution >= 4 is 21.6 Å². The third-order valence-corrected chi connectivity index (χ3v) is 9.62. The van der Waals surface area contributed by atoms with Gasteiger partial charge in [-0.3, -0.25) is 4.79 Å². The first-order valence-corrected chi connectivity index (χ1v) is 14.5. The second-order valence-corrected chi connectivity index (χ2v) is 12.2. The molecule has 1 saturated carbocycles. The van der Waals surface area contributed by atoms with Crippen LogP contribution in [0.15, 0.2) is 53.6 Å². The van der Waals surface area contributed by atoms with Crippen LogP contribution in [-0.4, -0.2) is 72.5 Å². The Bertz CT molecular complexity index is 1450. The molecule has 1 N–H and O–H groups in total. The van der Waals surface area contributed by atoms with Crippen LogP contribution < -0.4 is 15.0 Å². The maximum atomic E-state index is 13.4. The van der Waals surface area contributed by atoms with Gasteiger partial charge in [-0.1, -0.05) is 29.0 Å². The van der Waals surface area contributed by atoms with Gasteiger partial charge in [0.25, 0.3) is 0 Å². The fraction of sp³-hybridized carbons (Fsp3) is 0.444. The SMILES string of the molecule is Cc1ccc(S(=O)(=O)N2CCNC(=O)[C@H]2Cc2cn([C@@H]3CCOc4cc(N(C)C5CC5)ccc43)nn2)cc1. The molecule has 0 radical (unpaired) electrons. The highest BCUT2D eigenvalue weighted by Crippen LogP contribution is 2.39. The monoisotopic (exact) mass is 536 g/mol. The molecule has 1 aliphatic carbocycles. The number of nitrogens with one attached hydrogen (secondary N) is 1. The molecule has 1 amide bonds. The summed E-state index contributed by atoms with van der Waals surface area (Å²) < 4.78 is 36.0. The highest BCUT2D eigenvalue weighted by molar-refractivity contribution is 7.89. The lowest BCUT2D eigenvalue weighted by atomic mass is 10.00. The summed E-state index contributed by atoms with van der Waals surface area (Å²) in [7, 11) is -1.73. The molecule has 3 heterocycles. The summed E-state index contributed by atoms with van der Waals surface area (Å²) in [5.74, 6) is 0.524. The van der Waals surface area contributed by atoms with Crippen LogP contribution in [0.25, 0.3) is 0 Å². The highest BCUT2D eigenvalue weighted by Gasteiger charge is 2.39. The van der Waals surface area contributed by atoms with Gasteiger partial charge in [0.15, 0.2) is 0 Å². The van der Waals surface area contributed by atoms with Crippen molar-refractivity contribution in [2.24, 2.45) is 0 Å². The summed E-state index contributed by atoms with van der Waals surface area (Å²) >= 11 is 0. The summed E-state index contributed by atoms with van der Waals surface area (Å²) in [5.41, 5.74) is 3.72. The smallest absolute Gasteiger partial charge is 0.243 e. The first-order chi connectivity index (χ1) is 18.3. The molecule has 0 unspecified atom stereocenters. The molecule has 0 bridgehead atoms. The molecule has 1 saturated heterocycles. The third kappa shape index (κ3) is 4.64. The third-order valence-electron chi connectivity index (χ3n) is 7.70. The van der Waals surface area contributed by atoms with E-state index in [1.165, 1.54) is 17.1 Å². The van der Waals surface area contributed by atoms with E-state index in [0.717, 1.165) is 29.0 Å². The molecule has 3 aliphatic rings. The normalized spacial score (nSPS) is 21.9. The van der Waals surface area contributed by atoms with Crippen molar-refractivity contribution in [3.05, 3.63) is 65.5 Å². The zero-order valence-corrected chi connectivity index (χ0v) is 22.4. The van der Waals surface area contributed by atoms with Gasteiger partial charge in [-0.25, -0.2) is 13.1 Å². The van der Waals surface area contributed by atoms with Crippen molar-refractivity contribution in [2.75, 3.05) is 31.6 Å². The summed E-state index contributed by atoms with van der Waals surface area (Å²) in [6.45, 7) is 2.94. The Morgan fingerprint density at radius 2 is 1.92 bits per heavy atom. The number of benzene rings is 2. The van der Waals surface area contributed by atoms with Gasteiger partial charge in [0.2, 0.25) is 15.9 Å². The first-order valence-electron chi connectivity index (χ1n) is 13.1. The van der Waals surface area contributed by atoms with Crippen LogP contribution in [0.1, 0.15) is 42.1 Å². The predicted octanol–water partition coefficient (Wildman–Crippen LogP) is 2.29. The molecule has 2 fully saturated rings. The minimum Gasteiger partial charge on any atom is -0.493 e. The Morgan fingerprint density at radius 1 is 1.13 bits per heavy atom. The molecule has 11 heteroatoms. The van der Waals surface area contributed by atoms with Gasteiger partial charge >= 0.3 is 0 Å². The molecule has 0 spiro atoms. The Labute approximate surface area is 222 Å². The number of carbonyl (C=O) groups is 1. The molecule has 1 aromatic heterocycles. The zero-order valence-electron chi connectivity index (χ0n) is 21.6. The maximum Gasteiger partial charge on any atom is 0.243 e. The summed E-state index contributed by atoms with van der Waals surface area (Å²) in [6, 6.07) is 12.7. The number of nitrogens with zero attached hydrogens (tertiary/aromatic N) is 5. The molecular weight excluding hydrogens is 504 g/mol. The van der Waals surface area contributed by atoms with Gasteiger partial charge in [-0.15, -0.1) is 5.10 Å². The zero-order chi connectivity index (χ0) is 26.4. The summed E-state index contributed by atoms with van der Waals surface area (Å²) in [5, 5.41) is 11.5. The van der Waals surface area contributed by atoms with Crippen LogP contribution in [0, 0.1) is 6.92 Å². The quantitative estimate of drug-likeness (QED) is 0.493. The van der Waals surface area contributed by atoms with Crippen LogP contribution in [0.3, 0.4) is 0 Å². The second kappa shape index (κ2) is 9.70. The number of anilines is 1. The van der Waals surface area contributed by atoms with Crippen molar-refractivity contribution in [1.29, 1.82) is 0 Å². The number of aromatic nitrogens is 3. The number of hydrogen-bond donors (Lipinski definition) is 1. The number of rotatable bonds is 7. The number of hydrogen-bond acceptors (Lipinski definition) is 7. The van der Waals surface area contributed by atoms with Crippen LogP contribution in [0.5, 0.6) is 5.75 Å². The number of ether oxygens (including phenoxy) is 1. The van der Waals surface area contributed by atoms with Gasteiger partial charge in [-0.2, -0.15) is 4.31 Å².